The quantitative estimate of drug-likeness (QED) is 0.311. The maximum atomic E-state index is 13.4. The first-order valence-corrected chi connectivity index (χ1v) is 14.8. The van der Waals surface area contributed by atoms with Crippen LogP contribution in [0.1, 0.15) is 46.1 Å². The van der Waals surface area contributed by atoms with Gasteiger partial charge >= 0.3 is 5.97 Å². The summed E-state index contributed by atoms with van der Waals surface area (Å²) in [5, 5.41) is 8.68. The summed E-state index contributed by atoms with van der Waals surface area (Å²) in [5.41, 5.74) is 6.39. The normalized spacial score (nSPS) is 13.4. The highest BCUT2D eigenvalue weighted by atomic mass is 31.2. The predicted octanol–water partition coefficient (Wildman–Crippen LogP) is 4.93. The fourth-order valence-corrected chi connectivity index (χ4v) is 12.6. The largest absolute Gasteiger partial charge is 0.494 e. The molecule has 1 rings (SSSR count). The summed E-state index contributed by atoms with van der Waals surface area (Å²) in [6.07, 6.45) is 4.01. The molecule has 0 bridgehead atoms. The first kappa shape index (κ1) is 25.9. The molecule has 1 aromatic rings. The van der Waals surface area contributed by atoms with Gasteiger partial charge in [0, 0.05) is 0 Å². The summed E-state index contributed by atoms with van der Waals surface area (Å²) in [5.74, 6) is -0.328. The van der Waals surface area contributed by atoms with Crippen molar-refractivity contribution in [1.29, 1.82) is 0 Å². The summed E-state index contributed by atoms with van der Waals surface area (Å²) in [7, 11) is -4.93. The van der Waals surface area contributed by atoms with Crippen LogP contribution in [-0.4, -0.2) is 53.8 Å². The van der Waals surface area contributed by atoms with E-state index in [0.717, 1.165) is 5.56 Å². The molecule has 1 atom stereocenters. The number of hydrogen-bond donors (Lipinski definition) is 2. The maximum Gasteiger partial charge on any atom is 0.320 e. The van der Waals surface area contributed by atoms with E-state index in [1.807, 2.05) is 39.8 Å². The minimum Gasteiger partial charge on any atom is -0.494 e. The molecule has 0 saturated carbocycles. The van der Waals surface area contributed by atoms with E-state index in [0.29, 0.717) is 49.8 Å². The van der Waals surface area contributed by atoms with Gasteiger partial charge in [-0.3, -0.25) is 4.79 Å². The minimum absolute atomic E-state index is 0.205. The average Bonchev–Trinajstić information content (AvgIpc) is 2.73. The molecule has 0 amide bonds. The van der Waals surface area contributed by atoms with Crippen LogP contribution in [0, 0.1) is 0 Å². The molecule has 3 N–H and O–H groups in total. The Kier molecular flexibility index (Phi) is 10.7. The average molecular weight is 445 g/mol. The number of carboxylic acids is 1. The maximum absolute atomic E-state index is 13.4. The van der Waals surface area contributed by atoms with Crippen molar-refractivity contribution in [2.24, 2.45) is 5.73 Å². The molecule has 0 radical (unpaired) electrons. The molecule has 29 heavy (non-hydrogen) atoms. The van der Waals surface area contributed by atoms with E-state index in [-0.39, 0.29) is 11.8 Å². The van der Waals surface area contributed by atoms with E-state index in [9.17, 15) is 13.9 Å². The molecule has 0 aliphatic heterocycles. The van der Waals surface area contributed by atoms with Gasteiger partial charge < -0.3 is 24.7 Å². The molecular weight excluding hydrogens is 408 g/mol. The topological polar surface area (TPSA) is 107 Å². The van der Waals surface area contributed by atoms with Crippen LogP contribution in [-0.2, 0) is 20.3 Å². The van der Waals surface area contributed by atoms with E-state index < -0.39 is 26.3 Å². The van der Waals surface area contributed by atoms with Gasteiger partial charge in [0.25, 0.3) is 0 Å². The zero-order chi connectivity index (χ0) is 22.1. The van der Waals surface area contributed by atoms with Gasteiger partial charge in [-0.2, -0.15) is 0 Å². The van der Waals surface area contributed by atoms with Crippen LogP contribution in [0.2, 0.25) is 0 Å². The lowest BCUT2D eigenvalue weighted by atomic mass is 10.1. The highest BCUT2D eigenvalue weighted by molar-refractivity contribution is 7.81. The van der Waals surface area contributed by atoms with Crippen LogP contribution in [0.5, 0.6) is 5.75 Å². The summed E-state index contributed by atoms with van der Waals surface area (Å²) < 4.78 is 32.6. The van der Waals surface area contributed by atoms with Crippen molar-refractivity contribution < 1.29 is 23.8 Å². The van der Waals surface area contributed by atoms with Crippen LogP contribution in [0.3, 0.4) is 0 Å². The molecule has 8 heteroatoms. The van der Waals surface area contributed by atoms with Crippen LogP contribution < -0.4 is 10.5 Å². The highest BCUT2D eigenvalue weighted by Crippen LogP contribution is 2.69. The highest BCUT2D eigenvalue weighted by Gasteiger charge is 2.40. The summed E-state index contributed by atoms with van der Waals surface area (Å²) >= 11 is 0. The number of nitrogens with two attached hydrogens (primary N) is 1. The first-order valence-electron chi connectivity index (χ1n) is 10.5. The lowest BCUT2D eigenvalue weighted by Crippen LogP contribution is -2.32. The zero-order valence-corrected chi connectivity index (χ0v) is 20.0. The van der Waals surface area contributed by atoms with Gasteiger partial charge in [-0.05, 0) is 61.6 Å². The Morgan fingerprint density at radius 3 is 1.90 bits per heavy atom. The van der Waals surface area contributed by atoms with Crippen molar-refractivity contribution in [3.05, 3.63) is 29.8 Å². The lowest BCUT2D eigenvalue weighted by Gasteiger charge is -2.32. The van der Waals surface area contributed by atoms with Gasteiger partial charge in [-0.1, -0.05) is 39.8 Å². The molecule has 0 saturated heterocycles. The van der Waals surface area contributed by atoms with Gasteiger partial charge in [-0.25, -0.2) is 0 Å². The number of benzene rings is 1. The molecule has 0 heterocycles. The van der Waals surface area contributed by atoms with Gasteiger partial charge in [0.05, 0.1) is 26.3 Å². The fourth-order valence-electron chi connectivity index (χ4n) is 3.66. The molecule has 6 nitrogen and oxygen atoms in total. The van der Waals surface area contributed by atoms with Crippen LogP contribution in [0.4, 0.5) is 0 Å². The monoisotopic (exact) mass is 445 g/mol. The fraction of sp³-hybridized carbons (Fsp3) is 0.667. The number of carbonyl (C=O) groups is 1. The molecule has 1 aromatic carbocycles. The Bertz CT molecular complexity index is 693. The zero-order valence-electron chi connectivity index (χ0n) is 18.2. The smallest absolute Gasteiger partial charge is 0.320 e. The standard InChI is InChI=1S/C21H37NO5P2/c1-5-28(25,6-2)20(29(26,7-3)8-4)10-9-15-27-18-13-11-17(12-14-18)16-19(22)21(23)24/h11-14,19-20H,5-10,15-16,22H2,1-4H3,(H,23,24)/t19-/m0/s1. The Morgan fingerprint density at radius 2 is 1.48 bits per heavy atom. The molecular formula is C21H37NO5P2. The third-order valence-electron chi connectivity index (χ3n) is 5.80. The second kappa shape index (κ2) is 11.9. The summed E-state index contributed by atoms with van der Waals surface area (Å²) in [4.78, 5) is 10.8. The second-order valence-electron chi connectivity index (χ2n) is 7.43. The van der Waals surface area contributed by atoms with Gasteiger partial charge in [-0.15, -0.1) is 0 Å². The third kappa shape index (κ3) is 7.27. The lowest BCUT2D eigenvalue weighted by molar-refractivity contribution is -0.138. The van der Waals surface area contributed by atoms with Crippen molar-refractivity contribution in [2.45, 2.75) is 58.4 Å². The van der Waals surface area contributed by atoms with E-state index in [1.54, 1.807) is 12.1 Å². The van der Waals surface area contributed by atoms with Crippen molar-refractivity contribution in [3.8, 4) is 5.75 Å². The molecule has 166 valence electrons. The Labute approximate surface area is 175 Å². The Balaban J connectivity index is 2.68. The van der Waals surface area contributed by atoms with Crippen molar-refractivity contribution >= 4 is 20.3 Å². The predicted molar refractivity (Wildman–Crippen MR) is 122 cm³/mol. The number of carboxylic acid groups (broad SMARTS) is 1. The molecule has 0 unspecified atom stereocenters. The molecule has 0 fully saturated rings. The number of ether oxygens (including phenoxy) is 1. The van der Waals surface area contributed by atoms with Crippen LogP contribution in [0.25, 0.3) is 0 Å². The van der Waals surface area contributed by atoms with Gasteiger partial charge in [0.1, 0.15) is 11.8 Å². The number of hydrogen-bond acceptors (Lipinski definition) is 5. The number of aliphatic carboxylic acids is 1. The van der Waals surface area contributed by atoms with Crippen molar-refractivity contribution in [1.82, 2.24) is 0 Å². The summed E-state index contributed by atoms with van der Waals surface area (Å²) in [6.45, 7) is 8.25. The van der Waals surface area contributed by atoms with Crippen LogP contribution >= 0.6 is 14.3 Å². The minimum atomic E-state index is -2.46. The van der Waals surface area contributed by atoms with Crippen LogP contribution in [0.15, 0.2) is 24.3 Å². The molecule has 0 spiro atoms. The van der Waals surface area contributed by atoms with E-state index >= 15 is 0 Å². The molecule has 0 aromatic heterocycles. The van der Waals surface area contributed by atoms with Crippen molar-refractivity contribution in [2.75, 3.05) is 31.3 Å². The molecule has 0 aliphatic carbocycles. The van der Waals surface area contributed by atoms with Crippen molar-refractivity contribution in [3.63, 3.8) is 0 Å². The van der Waals surface area contributed by atoms with Gasteiger partial charge in [0.2, 0.25) is 0 Å². The number of rotatable bonds is 14. The Hall–Kier alpha value is -1.09. The Morgan fingerprint density at radius 1 is 1.00 bits per heavy atom. The third-order valence-corrected chi connectivity index (χ3v) is 15.3. The SMILES string of the molecule is CCP(=O)(CC)C(CCCOc1ccc(C[C@H](N)C(=O)O)cc1)P(=O)(CC)CC. The van der Waals surface area contributed by atoms with Gasteiger partial charge in [0.15, 0.2) is 0 Å². The van der Waals surface area contributed by atoms with E-state index in [1.165, 1.54) is 0 Å². The second-order valence-corrected chi connectivity index (χ2v) is 15.4. The van der Waals surface area contributed by atoms with E-state index in [4.69, 9.17) is 15.6 Å². The first-order chi connectivity index (χ1) is 13.7. The molecule has 0 aliphatic rings. The summed E-state index contributed by atoms with van der Waals surface area (Å²) in [6, 6.07) is 6.30. The van der Waals surface area contributed by atoms with E-state index in [2.05, 4.69) is 0 Å².